The minimum atomic E-state index is -0.718. The molecule has 1 N–H and O–H groups in total. The first kappa shape index (κ1) is 22.3. The number of piperazine rings is 1. The Balaban J connectivity index is 1.37. The first-order chi connectivity index (χ1) is 17.0. The molecule has 1 aliphatic heterocycles. The number of H-pyrrole nitrogens is 1. The van der Waals surface area contributed by atoms with Gasteiger partial charge in [-0.25, -0.2) is 14.6 Å². The number of aryl methyl sites for hydroxylation is 1. The summed E-state index contributed by atoms with van der Waals surface area (Å²) in [7, 11) is 5.41. The highest BCUT2D eigenvalue weighted by Gasteiger charge is 2.31. The quantitative estimate of drug-likeness (QED) is 0.263. The van der Waals surface area contributed by atoms with Crippen molar-refractivity contribution in [2.75, 3.05) is 26.2 Å². The van der Waals surface area contributed by atoms with Gasteiger partial charge in [0.2, 0.25) is 0 Å². The molecule has 3 aromatic heterocycles. The Kier molecular flexibility index (Phi) is 5.77. The van der Waals surface area contributed by atoms with E-state index in [1.54, 1.807) is 36.1 Å². The molecule has 0 atom stereocenters. The Hall–Kier alpha value is -4.48. The van der Waals surface area contributed by atoms with E-state index in [-0.39, 0.29) is 30.3 Å². The summed E-state index contributed by atoms with van der Waals surface area (Å²) in [4.78, 5) is 53.5. The molecule has 174 valence electrons. The van der Waals surface area contributed by atoms with Crippen LogP contribution in [0.2, 0.25) is 0 Å². The highest BCUT2D eigenvalue weighted by molar-refractivity contribution is 6.45. The van der Waals surface area contributed by atoms with Crippen LogP contribution in [0.3, 0.4) is 0 Å². The molecule has 2 radical (unpaired) electrons. The number of amides is 2. The van der Waals surface area contributed by atoms with Gasteiger partial charge in [-0.2, -0.15) is 5.10 Å². The van der Waals surface area contributed by atoms with Gasteiger partial charge in [0.05, 0.1) is 22.7 Å². The van der Waals surface area contributed by atoms with Gasteiger partial charge in [-0.1, -0.05) is 18.2 Å². The van der Waals surface area contributed by atoms with Gasteiger partial charge in [0, 0.05) is 37.9 Å². The number of hydrogen-bond donors (Lipinski definition) is 1. The number of aromatic amines is 1. The third-order valence-electron chi connectivity index (χ3n) is 5.92. The van der Waals surface area contributed by atoms with Crippen molar-refractivity contribution >= 4 is 36.5 Å². The molecule has 0 unspecified atom stereocenters. The molecule has 4 heterocycles. The predicted octanol–water partition coefficient (Wildman–Crippen LogP) is 1.08. The van der Waals surface area contributed by atoms with Crippen molar-refractivity contribution in [1.82, 2.24) is 34.5 Å². The SMILES string of the molecule is [B]Oc1cnc(-n2cnc(C)n2)c2[nH]cc(C(=O)C(=O)N3CCN(C(=O)c4ccccc4)CC3)c12. The average molecular weight is 469 g/mol. The van der Waals surface area contributed by atoms with E-state index in [1.807, 2.05) is 6.07 Å². The van der Waals surface area contributed by atoms with E-state index in [0.717, 1.165) is 0 Å². The minimum absolute atomic E-state index is 0.103. The smallest absolute Gasteiger partial charge is 0.374 e. The number of nitrogens with zero attached hydrogens (tertiary/aromatic N) is 6. The number of hydrogen-bond acceptors (Lipinski definition) is 7. The fourth-order valence-electron chi connectivity index (χ4n) is 4.13. The molecular weight excluding hydrogens is 449 g/mol. The molecule has 0 saturated carbocycles. The third-order valence-corrected chi connectivity index (χ3v) is 5.92. The highest BCUT2D eigenvalue weighted by Crippen LogP contribution is 2.31. The maximum absolute atomic E-state index is 13.2. The van der Waals surface area contributed by atoms with Gasteiger partial charge in [-0.15, -0.1) is 0 Å². The van der Waals surface area contributed by atoms with Gasteiger partial charge in [0.15, 0.2) is 5.82 Å². The topological polar surface area (TPSA) is 126 Å². The average Bonchev–Trinajstić information content (AvgIpc) is 3.54. The summed E-state index contributed by atoms with van der Waals surface area (Å²) in [5.74, 6) is -0.437. The summed E-state index contributed by atoms with van der Waals surface area (Å²) in [6, 6.07) is 8.95. The number of carbonyl (C=O) groups excluding carboxylic acids is 3. The van der Waals surface area contributed by atoms with Crippen LogP contribution < -0.4 is 4.65 Å². The molecule has 2 amide bonds. The van der Waals surface area contributed by atoms with Crippen molar-refractivity contribution in [3.05, 3.63) is 66.0 Å². The fraction of sp³-hybridized carbons (Fsp3) is 0.217. The lowest BCUT2D eigenvalue weighted by molar-refractivity contribution is -0.127. The summed E-state index contributed by atoms with van der Waals surface area (Å²) >= 11 is 0. The van der Waals surface area contributed by atoms with Crippen LogP contribution in [0.4, 0.5) is 0 Å². The van der Waals surface area contributed by atoms with Crippen LogP contribution >= 0.6 is 0 Å². The van der Waals surface area contributed by atoms with Gasteiger partial charge in [-0.05, 0) is 19.1 Å². The monoisotopic (exact) mass is 469 g/mol. The second kappa shape index (κ2) is 9.05. The summed E-state index contributed by atoms with van der Waals surface area (Å²) in [6.07, 6.45) is 4.28. The normalized spacial score (nSPS) is 13.7. The van der Waals surface area contributed by atoms with E-state index in [0.29, 0.717) is 41.2 Å². The lowest BCUT2D eigenvalue weighted by atomic mass is 10.1. The van der Waals surface area contributed by atoms with Gasteiger partial charge in [0.1, 0.15) is 17.9 Å². The zero-order chi connectivity index (χ0) is 24.5. The Morgan fingerprint density at radius 2 is 1.74 bits per heavy atom. The fourth-order valence-corrected chi connectivity index (χ4v) is 4.13. The van der Waals surface area contributed by atoms with Crippen LogP contribution in [0.1, 0.15) is 26.5 Å². The van der Waals surface area contributed by atoms with Crippen LogP contribution in [0.15, 0.2) is 49.1 Å². The molecule has 11 nitrogen and oxygen atoms in total. The standard InChI is InChI=1S/C23H20BN7O4/c1-14-27-13-31(28-14)21-19-18(17(35-24)12-26-21)16(11-25-19)20(32)23(34)30-9-7-29(8-10-30)22(33)15-5-3-2-4-6-15/h2-6,11-13,25H,7-10H2,1H3. The number of benzene rings is 1. The number of fused-ring (bicyclic) bond motifs is 1. The van der Waals surface area contributed by atoms with Gasteiger partial charge < -0.3 is 19.4 Å². The van der Waals surface area contributed by atoms with E-state index < -0.39 is 11.7 Å². The zero-order valence-electron chi connectivity index (χ0n) is 18.8. The first-order valence-corrected chi connectivity index (χ1v) is 10.9. The lowest BCUT2D eigenvalue weighted by Crippen LogP contribution is -2.52. The summed E-state index contributed by atoms with van der Waals surface area (Å²) < 4.78 is 6.38. The number of ketones is 1. The Bertz CT molecular complexity index is 1420. The van der Waals surface area contributed by atoms with E-state index in [4.69, 9.17) is 12.7 Å². The first-order valence-electron chi connectivity index (χ1n) is 10.9. The van der Waals surface area contributed by atoms with Crippen molar-refractivity contribution in [3.8, 4) is 11.6 Å². The number of nitrogens with one attached hydrogen (secondary N) is 1. The van der Waals surface area contributed by atoms with Crippen LogP contribution in [-0.4, -0.2) is 86.4 Å². The second-order valence-electron chi connectivity index (χ2n) is 8.03. The van der Waals surface area contributed by atoms with Crippen molar-refractivity contribution in [2.24, 2.45) is 0 Å². The van der Waals surface area contributed by atoms with E-state index in [2.05, 4.69) is 20.1 Å². The Morgan fingerprint density at radius 3 is 2.40 bits per heavy atom. The van der Waals surface area contributed by atoms with Crippen molar-refractivity contribution in [1.29, 1.82) is 0 Å². The molecular formula is C23H20BN7O4. The number of Topliss-reactive ketones (excluding diaryl/α,β-unsaturated/α-hetero) is 1. The largest absolute Gasteiger partial charge is 0.566 e. The van der Waals surface area contributed by atoms with Gasteiger partial charge in [-0.3, -0.25) is 14.4 Å². The van der Waals surface area contributed by atoms with Gasteiger partial charge in [0.25, 0.3) is 17.6 Å². The molecule has 1 aromatic carbocycles. The van der Waals surface area contributed by atoms with E-state index in [1.165, 1.54) is 28.3 Å². The molecule has 12 heteroatoms. The number of carbonyl (C=O) groups is 3. The van der Waals surface area contributed by atoms with Crippen LogP contribution in [-0.2, 0) is 4.79 Å². The minimum Gasteiger partial charge on any atom is -0.566 e. The highest BCUT2D eigenvalue weighted by atomic mass is 16.4. The molecule has 0 bridgehead atoms. The van der Waals surface area contributed by atoms with Crippen molar-refractivity contribution in [3.63, 3.8) is 0 Å². The third kappa shape index (κ3) is 4.03. The molecule has 5 rings (SSSR count). The van der Waals surface area contributed by atoms with Gasteiger partial charge >= 0.3 is 8.05 Å². The summed E-state index contributed by atoms with van der Waals surface area (Å²) in [6.45, 7) is 2.89. The maximum Gasteiger partial charge on any atom is 0.374 e. The molecule has 1 saturated heterocycles. The predicted molar refractivity (Wildman–Crippen MR) is 125 cm³/mol. The van der Waals surface area contributed by atoms with Crippen molar-refractivity contribution in [2.45, 2.75) is 6.92 Å². The molecule has 4 aromatic rings. The van der Waals surface area contributed by atoms with Crippen LogP contribution in [0, 0.1) is 6.92 Å². The van der Waals surface area contributed by atoms with Crippen LogP contribution in [0.25, 0.3) is 16.7 Å². The van der Waals surface area contributed by atoms with Crippen LogP contribution in [0.5, 0.6) is 5.75 Å². The number of pyridine rings is 1. The maximum atomic E-state index is 13.2. The Labute approximate surface area is 201 Å². The van der Waals surface area contributed by atoms with E-state index in [9.17, 15) is 14.4 Å². The number of rotatable bonds is 5. The summed E-state index contributed by atoms with van der Waals surface area (Å²) in [5, 5.41) is 4.57. The number of aromatic nitrogens is 5. The zero-order valence-corrected chi connectivity index (χ0v) is 18.8. The lowest BCUT2D eigenvalue weighted by Gasteiger charge is -2.34. The molecule has 35 heavy (non-hydrogen) atoms. The second-order valence-corrected chi connectivity index (χ2v) is 8.03. The molecule has 1 aliphatic rings. The molecule has 1 fully saturated rings. The van der Waals surface area contributed by atoms with Crippen molar-refractivity contribution < 1.29 is 19.0 Å². The molecule has 0 spiro atoms. The van der Waals surface area contributed by atoms with E-state index >= 15 is 0 Å². The Morgan fingerprint density at radius 1 is 1.03 bits per heavy atom. The summed E-state index contributed by atoms with van der Waals surface area (Å²) in [5.41, 5.74) is 1.12. The molecule has 0 aliphatic carbocycles.